The van der Waals surface area contributed by atoms with Gasteiger partial charge in [0.2, 0.25) is 5.91 Å². The number of anilines is 1. The smallest absolute Gasteiger partial charge is 0.355 e. The first-order valence-electron chi connectivity index (χ1n) is 9.27. The molecule has 29 heavy (non-hydrogen) atoms. The Labute approximate surface area is 168 Å². The van der Waals surface area contributed by atoms with Gasteiger partial charge in [-0.25, -0.2) is 4.79 Å². The quantitative estimate of drug-likeness (QED) is 0.560. The van der Waals surface area contributed by atoms with Gasteiger partial charge in [-0.05, 0) is 44.0 Å². The standard InChI is InChI=1S/C22H23N3O4/c1-13-7-6-8-14(2)20(13)25-19(26)12-23-21(27)15(3)29-22(28)18-11-16-9-4-5-10-17(16)24-18/h4-11,15,24H,12H2,1-3H3,(H,23,27)(H,25,26). The molecule has 3 N–H and O–H groups in total. The second-order valence-corrected chi connectivity index (χ2v) is 6.85. The summed E-state index contributed by atoms with van der Waals surface area (Å²) in [5.41, 5.74) is 3.67. The van der Waals surface area contributed by atoms with Crippen LogP contribution in [0.15, 0.2) is 48.5 Å². The number of hydrogen-bond donors (Lipinski definition) is 3. The number of esters is 1. The summed E-state index contributed by atoms with van der Waals surface area (Å²) in [6.45, 7) is 5.03. The van der Waals surface area contributed by atoms with Gasteiger partial charge in [0.1, 0.15) is 5.69 Å². The molecule has 3 rings (SSSR count). The van der Waals surface area contributed by atoms with Crippen molar-refractivity contribution < 1.29 is 19.1 Å². The van der Waals surface area contributed by atoms with Crippen molar-refractivity contribution in [2.45, 2.75) is 26.9 Å². The van der Waals surface area contributed by atoms with E-state index in [2.05, 4.69) is 15.6 Å². The monoisotopic (exact) mass is 393 g/mol. The van der Waals surface area contributed by atoms with Gasteiger partial charge in [0.15, 0.2) is 6.10 Å². The first-order valence-corrected chi connectivity index (χ1v) is 9.27. The fourth-order valence-corrected chi connectivity index (χ4v) is 2.97. The molecule has 0 aliphatic carbocycles. The number of aryl methyl sites for hydroxylation is 2. The minimum absolute atomic E-state index is 0.221. The van der Waals surface area contributed by atoms with Crippen molar-refractivity contribution in [3.05, 3.63) is 65.4 Å². The molecule has 0 bridgehead atoms. The van der Waals surface area contributed by atoms with Crippen molar-refractivity contribution in [1.29, 1.82) is 0 Å². The number of para-hydroxylation sites is 2. The number of amides is 2. The fourth-order valence-electron chi connectivity index (χ4n) is 2.97. The summed E-state index contributed by atoms with van der Waals surface area (Å²) in [7, 11) is 0. The van der Waals surface area contributed by atoms with Crippen LogP contribution in [0.5, 0.6) is 0 Å². The summed E-state index contributed by atoms with van der Waals surface area (Å²) in [5, 5.41) is 6.15. The van der Waals surface area contributed by atoms with Gasteiger partial charge in [-0.2, -0.15) is 0 Å². The van der Waals surface area contributed by atoms with E-state index in [1.807, 2.05) is 56.3 Å². The van der Waals surface area contributed by atoms with Gasteiger partial charge in [0, 0.05) is 16.6 Å². The van der Waals surface area contributed by atoms with E-state index in [0.717, 1.165) is 27.7 Å². The summed E-state index contributed by atoms with van der Waals surface area (Å²) in [6.07, 6.45) is -1.04. The van der Waals surface area contributed by atoms with Crippen LogP contribution in [0.3, 0.4) is 0 Å². The Morgan fingerprint density at radius 1 is 1.03 bits per heavy atom. The molecule has 3 aromatic rings. The Hall–Kier alpha value is -3.61. The highest BCUT2D eigenvalue weighted by molar-refractivity contribution is 5.98. The summed E-state index contributed by atoms with van der Waals surface area (Å²) in [6, 6.07) is 14.8. The number of rotatable bonds is 6. The third kappa shape index (κ3) is 4.82. The van der Waals surface area contributed by atoms with Crippen LogP contribution in [0.25, 0.3) is 10.9 Å². The SMILES string of the molecule is Cc1cccc(C)c1NC(=O)CNC(=O)C(C)OC(=O)c1cc2ccccc2[nH]1. The Bertz CT molecular complexity index is 1020. The van der Waals surface area contributed by atoms with E-state index < -0.39 is 18.0 Å². The number of carbonyl (C=O) groups excluding carboxylic acids is 3. The zero-order valence-corrected chi connectivity index (χ0v) is 16.5. The minimum atomic E-state index is -1.04. The van der Waals surface area contributed by atoms with E-state index in [4.69, 9.17) is 4.74 Å². The number of ether oxygens (including phenoxy) is 1. The first-order chi connectivity index (χ1) is 13.8. The molecule has 0 fully saturated rings. The lowest BCUT2D eigenvalue weighted by Gasteiger charge is -2.14. The molecule has 1 aromatic heterocycles. The average molecular weight is 393 g/mol. The molecule has 1 heterocycles. The first kappa shape index (κ1) is 20.1. The van der Waals surface area contributed by atoms with Crippen molar-refractivity contribution in [2.24, 2.45) is 0 Å². The summed E-state index contributed by atoms with van der Waals surface area (Å²) in [5.74, 6) is -1.54. The molecular formula is C22H23N3O4. The lowest BCUT2D eigenvalue weighted by atomic mass is 10.1. The number of benzene rings is 2. The average Bonchev–Trinajstić information content (AvgIpc) is 3.13. The maximum atomic E-state index is 12.3. The number of aromatic nitrogens is 1. The number of hydrogen-bond acceptors (Lipinski definition) is 4. The van der Waals surface area contributed by atoms with Gasteiger partial charge in [-0.3, -0.25) is 9.59 Å². The Morgan fingerprint density at radius 3 is 2.41 bits per heavy atom. The zero-order chi connectivity index (χ0) is 21.0. The zero-order valence-electron chi connectivity index (χ0n) is 16.5. The molecule has 0 aliphatic heterocycles. The van der Waals surface area contributed by atoms with E-state index in [1.54, 1.807) is 6.07 Å². The summed E-state index contributed by atoms with van der Waals surface area (Å²) >= 11 is 0. The predicted molar refractivity (Wildman–Crippen MR) is 111 cm³/mol. The lowest BCUT2D eigenvalue weighted by Crippen LogP contribution is -2.40. The van der Waals surface area contributed by atoms with Crippen molar-refractivity contribution >= 4 is 34.4 Å². The molecule has 0 spiro atoms. The normalized spacial score (nSPS) is 11.7. The Kier molecular flexibility index (Phi) is 5.97. The number of aromatic amines is 1. The maximum Gasteiger partial charge on any atom is 0.355 e. The largest absolute Gasteiger partial charge is 0.448 e. The van der Waals surface area contributed by atoms with Crippen LogP contribution < -0.4 is 10.6 Å². The minimum Gasteiger partial charge on any atom is -0.448 e. The fraction of sp³-hybridized carbons (Fsp3) is 0.227. The van der Waals surface area contributed by atoms with Crippen LogP contribution >= 0.6 is 0 Å². The molecule has 1 atom stereocenters. The number of H-pyrrole nitrogens is 1. The molecule has 0 saturated carbocycles. The summed E-state index contributed by atoms with van der Waals surface area (Å²) < 4.78 is 5.20. The lowest BCUT2D eigenvalue weighted by molar-refractivity contribution is -0.130. The van der Waals surface area contributed by atoms with Crippen LogP contribution in [-0.4, -0.2) is 35.4 Å². The third-order valence-corrected chi connectivity index (χ3v) is 4.57. The highest BCUT2D eigenvalue weighted by Gasteiger charge is 2.20. The van der Waals surface area contributed by atoms with Crippen molar-refractivity contribution in [1.82, 2.24) is 10.3 Å². The van der Waals surface area contributed by atoms with Gasteiger partial charge in [-0.15, -0.1) is 0 Å². The van der Waals surface area contributed by atoms with E-state index in [9.17, 15) is 14.4 Å². The van der Waals surface area contributed by atoms with Gasteiger partial charge in [0.25, 0.3) is 5.91 Å². The second kappa shape index (κ2) is 8.60. The van der Waals surface area contributed by atoms with Crippen molar-refractivity contribution in [3.63, 3.8) is 0 Å². The van der Waals surface area contributed by atoms with E-state index in [0.29, 0.717) is 0 Å². The van der Waals surface area contributed by atoms with Crippen LogP contribution in [0, 0.1) is 13.8 Å². The Balaban J connectivity index is 1.52. The third-order valence-electron chi connectivity index (χ3n) is 4.57. The topological polar surface area (TPSA) is 100 Å². The van der Waals surface area contributed by atoms with Crippen molar-refractivity contribution in [2.75, 3.05) is 11.9 Å². The number of carbonyl (C=O) groups is 3. The molecular weight excluding hydrogens is 370 g/mol. The van der Waals surface area contributed by atoms with E-state index >= 15 is 0 Å². The van der Waals surface area contributed by atoms with Crippen LogP contribution in [0.4, 0.5) is 5.69 Å². The molecule has 1 unspecified atom stereocenters. The van der Waals surface area contributed by atoms with E-state index in [-0.39, 0.29) is 18.1 Å². The van der Waals surface area contributed by atoms with Crippen molar-refractivity contribution in [3.8, 4) is 0 Å². The van der Waals surface area contributed by atoms with Crippen LogP contribution in [0.1, 0.15) is 28.5 Å². The second-order valence-electron chi connectivity index (χ2n) is 6.85. The molecule has 0 saturated heterocycles. The highest BCUT2D eigenvalue weighted by atomic mass is 16.5. The maximum absolute atomic E-state index is 12.3. The number of fused-ring (bicyclic) bond motifs is 1. The summed E-state index contributed by atoms with van der Waals surface area (Å²) in [4.78, 5) is 39.6. The molecule has 0 aliphatic rings. The highest BCUT2D eigenvalue weighted by Crippen LogP contribution is 2.19. The van der Waals surface area contributed by atoms with Gasteiger partial charge in [-0.1, -0.05) is 36.4 Å². The van der Waals surface area contributed by atoms with Gasteiger partial charge < -0.3 is 20.4 Å². The van der Waals surface area contributed by atoms with Crippen LogP contribution in [0.2, 0.25) is 0 Å². The molecule has 2 aromatic carbocycles. The molecule has 150 valence electrons. The number of nitrogens with one attached hydrogen (secondary N) is 3. The predicted octanol–water partition coefficient (Wildman–Crippen LogP) is 3.08. The molecule has 7 heteroatoms. The van der Waals surface area contributed by atoms with Crippen LogP contribution in [-0.2, 0) is 14.3 Å². The molecule has 7 nitrogen and oxygen atoms in total. The van der Waals surface area contributed by atoms with Gasteiger partial charge in [0.05, 0.1) is 6.54 Å². The molecule has 0 radical (unpaired) electrons. The molecule has 2 amide bonds. The Morgan fingerprint density at radius 2 is 1.72 bits per heavy atom. The van der Waals surface area contributed by atoms with E-state index in [1.165, 1.54) is 6.92 Å². The van der Waals surface area contributed by atoms with Gasteiger partial charge >= 0.3 is 5.97 Å².